The van der Waals surface area contributed by atoms with E-state index in [4.69, 9.17) is 14.3 Å². The van der Waals surface area contributed by atoms with Gasteiger partial charge in [0.1, 0.15) is 5.52 Å². The van der Waals surface area contributed by atoms with Gasteiger partial charge in [0.05, 0.1) is 22.3 Å². The van der Waals surface area contributed by atoms with Gasteiger partial charge in [-0.15, -0.1) is 0 Å². The minimum absolute atomic E-state index is 0.422. The minimum Gasteiger partial charge on any atom is -0.399 e. The van der Waals surface area contributed by atoms with Gasteiger partial charge < -0.3 is 9.31 Å². The number of hydrogen-bond acceptors (Lipinski definition) is 5. The molecule has 7 rings (SSSR count). The largest absolute Gasteiger partial charge is 0.494 e. The van der Waals surface area contributed by atoms with Gasteiger partial charge in [0.2, 0.25) is 0 Å². The molecule has 6 heteroatoms. The highest BCUT2D eigenvalue weighted by Crippen LogP contribution is 2.55. The predicted molar refractivity (Wildman–Crippen MR) is 150 cm³/mol. The van der Waals surface area contributed by atoms with Crippen molar-refractivity contribution in [3.05, 3.63) is 120 Å². The molecule has 1 aliphatic heterocycles. The van der Waals surface area contributed by atoms with E-state index >= 15 is 0 Å². The zero-order chi connectivity index (χ0) is 26.1. The quantitative estimate of drug-likeness (QED) is 0.294. The monoisotopic (exact) mass is 497 g/mol. The Hall–Kier alpha value is -3.87. The van der Waals surface area contributed by atoms with Gasteiger partial charge in [-0.2, -0.15) is 0 Å². The highest BCUT2D eigenvalue weighted by molar-refractivity contribution is 6.62. The maximum Gasteiger partial charge on any atom is 0.494 e. The molecule has 0 N–H and O–H groups in total. The Morgan fingerprint density at radius 1 is 0.658 bits per heavy atom. The minimum atomic E-state index is -0.640. The molecular weight excluding hydrogens is 469 g/mol. The third-order valence-corrected chi connectivity index (χ3v) is 8.52. The van der Waals surface area contributed by atoms with Crippen molar-refractivity contribution in [3.63, 3.8) is 0 Å². The van der Waals surface area contributed by atoms with Gasteiger partial charge in [-0.25, -0.2) is 9.97 Å². The van der Waals surface area contributed by atoms with Crippen LogP contribution in [0.4, 0.5) is 0 Å². The number of pyridine rings is 1. The van der Waals surface area contributed by atoms with Gasteiger partial charge in [-0.3, -0.25) is 4.98 Å². The first-order chi connectivity index (χ1) is 18.3. The molecule has 3 aromatic carbocycles. The first-order valence-corrected chi connectivity index (χ1v) is 13.0. The summed E-state index contributed by atoms with van der Waals surface area (Å²) >= 11 is 0. The van der Waals surface area contributed by atoms with Gasteiger partial charge >= 0.3 is 7.12 Å². The molecule has 0 saturated carbocycles. The molecule has 0 radical (unpaired) electrons. The maximum absolute atomic E-state index is 6.47. The topological polar surface area (TPSA) is 57.1 Å². The van der Waals surface area contributed by atoms with E-state index in [1.165, 1.54) is 16.7 Å². The normalized spacial score (nSPS) is 20.9. The Balaban J connectivity index is 1.53. The first-order valence-electron chi connectivity index (χ1n) is 13.0. The summed E-state index contributed by atoms with van der Waals surface area (Å²) in [5.74, 6) is 0. The highest BCUT2D eigenvalue weighted by atomic mass is 16.7. The van der Waals surface area contributed by atoms with Crippen LogP contribution in [0.25, 0.3) is 22.3 Å². The maximum atomic E-state index is 6.47. The molecule has 5 nitrogen and oxygen atoms in total. The number of fused-ring (bicyclic) bond motifs is 4. The number of hydrogen-bond donors (Lipinski definition) is 0. The number of nitrogens with zero attached hydrogens (tertiary/aromatic N) is 3. The van der Waals surface area contributed by atoms with Gasteiger partial charge in [-0.05, 0) is 73.1 Å². The lowest BCUT2D eigenvalue weighted by atomic mass is 9.68. The molecule has 2 aliphatic rings. The van der Waals surface area contributed by atoms with E-state index in [-0.39, 0.29) is 0 Å². The molecule has 5 aromatic rings. The zero-order valence-electron chi connectivity index (χ0n) is 22.0. The summed E-state index contributed by atoms with van der Waals surface area (Å²) in [5, 5.41) is 0. The van der Waals surface area contributed by atoms with Crippen molar-refractivity contribution in [1.82, 2.24) is 15.0 Å². The van der Waals surface area contributed by atoms with E-state index in [9.17, 15) is 0 Å². The summed E-state index contributed by atoms with van der Waals surface area (Å²) in [6, 6.07) is 30.0. The Morgan fingerprint density at radius 3 is 2.13 bits per heavy atom. The standard InChI is InChI=1S/C32H28BN3O2/c1-30(2)31(3,4)38-33(37-30)22-14-15-24-23-12-8-9-13-25(23)32(26(24)20-22,21-10-6-5-7-11-21)28-17-16-27-29(36-28)35-19-18-34-27/h5-20H,1-4H3. The second-order valence-electron chi connectivity index (χ2n) is 11.2. The molecule has 0 bridgehead atoms. The van der Waals surface area contributed by atoms with Crippen LogP contribution in [0.2, 0.25) is 0 Å². The van der Waals surface area contributed by atoms with Crippen LogP contribution >= 0.6 is 0 Å². The smallest absolute Gasteiger partial charge is 0.399 e. The lowest BCUT2D eigenvalue weighted by Gasteiger charge is -2.33. The molecule has 0 spiro atoms. The molecule has 1 saturated heterocycles. The van der Waals surface area contributed by atoms with E-state index in [1.807, 2.05) is 6.07 Å². The summed E-state index contributed by atoms with van der Waals surface area (Å²) in [5.41, 5.74) is 7.72. The Labute approximate surface area is 223 Å². The van der Waals surface area contributed by atoms with Crippen LogP contribution in [0.5, 0.6) is 0 Å². The molecule has 3 heterocycles. The molecule has 0 amide bonds. The van der Waals surface area contributed by atoms with E-state index in [0.717, 1.165) is 27.8 Å². The number of rotatable bonds is 3. The van der Waals surface area contributed by atoms with Gasteiger partial charge in [0.15, 0.2) is 5.65 Å². The van der Waals surface area contributed by atoms with E-state index < -0.39 is 23.7 Å². The van der Waals surface area contributed by atoms with E-state index in [1.54, 1.807) is 12.4 Å². The van der Waals surface area contributed by atoms with Gasteiger partial charge in [-0.1, -0.05) is 72.8 Å². The van der Waals surface area contributed by atoms with Crippen molar-refractivity contribution in [3.8, 4) is 11.1 Å². The van der Waals surface area contributed by atoms with Crippen LogP contribution < -0.4 is 5.46 Å². The van der Waals surface area contributed by atoms with Crippen LogP contribution in [0, 0.1) is 0 Å². The van der Waals surface area contributed by atoms with Crippen LogP contribution in [-0.4, -0.2) is 33.3 Å². The summed E-state index contributed by atoms with van der Waals surface area (Å²) in [7, 11) is -0.460. The second-order valence-corrected chi connectivity index (χ2v) is 11.2. The average molecular weight is 497 g/mol. The molecule has 1 atom stereocenters. The third kappa shape index (κ3) is 3.17. The predicted octanol–water partition coefficient (Wildman–Crippen LogP) is 5.69. The SMILES string of the molecule is CC1(C)OB(c2ccc3c(c2)C(c2ccccc2)(c2ccc4nccnc4n2)c2ccccc2-3)OC1(C)C. The van der Waals surface area contributed by atoms with Crippen molar-refractivity contribution >= 4 is 23.7 Å². The first kappa shape index (κ1) is 23.3. The van der Waals surface area contributed by atoms with Crippen molar-refractivity contribution in [2.45, 2.75) is 44.3 Å². The fourth-order valence-electron chi connectivity index (χ4n) is 5.91. The summed E-state index contributed by atoms with van der Waals surface area (Å²) in [4.78, 5) is 14.2. The molecule has 1 fully saturated rings. The molecule has 1 aliphatic carbocycles. The second kappa shape index (κ2) is 8.07. The van der Waals surface area contributed by atoms with Crippen molar-refractivity contribution in [2.75, 3.05) is 0 Å². The van der Waals surface area contributed by atoms with Crippen molar-refractivity contribution in [1.29, 1.82) is 0 Å². The average Bonchev–Trinajstić information content (AvgIpc) is 3.35. The Morgan fingerprint density at radius 2 is 1.34 bits per heavy atom. The molecule has 2 aromatic heterocycles. The van der Waals surface area contributed by atoms with Crippen LogP contribution in [0.1, 0.15) is 50.1 Å². The molecule has 1 unspecified atom stereocenters. The lowest BCUT2D eigenvalue weighted by Crippen LogP contribution is -2.41. The van der Waals surface area contributed by atoms with Crippen LogP contribution in [0.3, 0.4) is 0 Å². The fraction of sp³-hybridized carbons (Fsp3) is 0.219. The van der Waals surface area contributed by atoms with Crippen molar-refractivity contribution in [2.24, 2.45) is 0 Å². The van der Waals surface area contributed by atoms with E-state index in [2.05, 4.69) is 117 Å². The zero-order valence-corrected chi connectivity index (χ0v) is 22.0. The molecule has 186 valence electrons. The summed E-state index contributed by atoms with van der Waals surface area (Å²) < 4.78 is 12.9. The molecule has 38 heavy (non-hydrogen) atoms. The summed E-state index contributed by atoms with van der Waals surface area (Å²) in [6.07, 6.45) is 3.40. The number of aromatic nitrogens is 3. The molecular formula is C32H28BN3O2. The Bertz CT molecular complexity index is 1690. The summed E-state index contributed by atoms with van der Waals surface area (Å²) in [6.45, 7) is 8.35. The van der Waals surface area contributed by atoms with Crippen molar-refractivity contribution < 1.29 is 9.31 Å². The van der Waals surface area contributed by atoms with Crippen LogP contribution in [-0.2, 0) is 14.7 Å². The number of benzene rings is 3. The lowest BCUT2D eigenvalue weighted by molar-refractivity contribution is 0.00578. The van der Waals surface area contributed by atoms with Gasteiger partial charge in [0.25, 0.3) is 0 Å². The third-order valence-electron chi connectivity index (χ3n) is 8.52. The Kier molecular flexibility index (Phi) is 4.94. The van der Waals surface area contributed by atoms with Crippen LogP contribution in [0.15, 0.2) is 97.3 Å². The van der Waals surface area contributed by atoms with E-state index in [0.29, 0.717) is 5.65 Å². The fourth-order valence-corrected chi connectivity index (χ4v) is 5.91. The van der Waals surface area contributed by atoms with Gasteiger partial charge in [0, 0.05) is 12.4 Å². The highest BCUT2D eigenvalue weighted by Gasteiger charge is 2.53.